The van der Waals surface area contributed by atoms with E-state index < -0.39 is 0 Å². The molecule has 0 saturated heterocycles. The molecular weight excluding hydrogens is 248 g/mol. The molecule has 0 fully saturated rings. The zero-order chi connectivity index (χ0) is 14.3. The van der Waals surface area contributed by atoms with Crippen LogP contribution in [0.15, 0.2) is 46.9 Å². The minimum atomic E-state index is 0.803. The van der Waals surface area contributed by atoms with Crippen molar-refractivity contribution < 1.29 is 4.42 Å². The molecule has 20 heavy (non-hydrogen) atoms. The van der Waals surface area contributed by atoms with Crippen LogP contribution in [0, 0.1) is 20.8 Å². The van der Waals surface area contributed by atoms with E-state index in [0.717, 1.165) is 39.8 Å². The quantitative estimate of drug-likeness (QED) is 0.705. The van der Waals surface area contributed by atoms with Gasteiger partial charge in [0.25, 0.3) is 0 Å². The first-order valence-corrected chi connectivity index (χ1v) is 6.68. The molecule has 0 aliphatic rings. The normalized spacial score (nSPS) is 10.9. The van der Waals surface area contributed by atoms with Crippen molar-refractivity contribution in [2.24, 2.45) is 0 Å². The number of anilines is 1. The average molecular weight is 266 g/mol. The third kappa shape index (κ3) is 2.01. The van der Waals surface area contributed by atoms with Crippen LogP contribution in [-0.2, 0) is 0 Å². The van der Waals surface area contributed by atoms with Gasteiger partial charge in [-0.2, -0.15) is 0 Å². The molecule has 102 valence electrons. The lowest BCUT2D eigenvalue weighted by Crippen LogP contribution is -2.00. The molecule has 3 nitrogen and oxygen atoms in total. The second kappa shape index (κ2) is 4.60. The molecule has 2 N–H and O–H groups in total. The lowest BCUT2D eigenvalue weighted by atomic mass is 10.2. The van der Waals surface area contributed by atoms with Gasteiger partial charge in [0.05, 0.1) is 5.69 Å². The van der Waals surface area contributed by atoms with Gasteiger partial charge in [-0.3, -0.25) is 0 Å². The Labute approximate surface area is 118 Å². The second-order valence-electron chi connectivity index (χ2n) is 5.15. The summed E-state index contributed by atoms with van der Waals surface area (Å²) in [6, 6.07) is 14.3. The number of hydrogen-bond acceptors (Lipinski definition) is 2. The second-order valence-corrected chi connectivity index (χ2v) is 5.15. The van der Waals surface area contributed by atoms with Gasteiger partial charge in [-0.25, -0.2) is 0 Å². The van der Waals surface area contributed by atoms with Gasteiger partial charge >= 0.3 is 0 Å². The molecule has 0 aliphatic carbocycles. The van der Waals surface area contributed by atoms with Crippen molar-refractivity contribution in [3.05, 3.63) is 59.5 Å². The monoisotopic (exact) mass is 266 g/mol. The van der Waals surface area contributed by atoms with E-state index in [4.69, 9.17) is 10.2 Å². The van der Waals surface area contributed by atoms with E-state index in [1.807, 2.05) is 38.1 Å². The van der Waals surface area contributed by atoms with E-state index in [-0.39, 0.29) is 0 Å². The van der Waals surface area contributed by atoms with Crippen molar-refractivity contribution >= 4 is 5.69 Å². The minimum absolute atomic E-state index is 0.803. The third-order valence-electron chi connectivity index (χ3n) is 3.59. The van der Waals surface area contributed by atoms with Crippen molar-refractivity contribution in [3.63, 3.8) is 0 Å². The van der Waals surface area contributed by atoms with Crippen LogP contribution >= 0.6 is 0 Å². The zero-order valence-corrected chi connectivity index (χ0v) is 12.0. The Balaban J connectivity index is 2.18. The molecule has 0 saturated carbocycles. The van der Waals surface area contributed by atoms with Crippen molar-refractivity contribution in [1.29, 1.82) is 0 Å². The fourth-order valence-electron chi connectivity index (χ4n) is 2.41. The standard InChI is InChI=1S/C17H18N2O/c1-11-4-7-14(10-15(11)18)19-12(2)5-8-16(19)17-9-6-13(3)20-17/h4-10H,18H2,1-3H3. The molecule has 2 heterocycles. The van der Waals surface area contributed by atoms with E-state index in [9.17, 15) is 0 Å². The number of aryl methyl sites for hydroxylation is 3. The molecule has 1 aromatic carbocycles. The van der Waals surface area contributed by atoms with Gasteiger partial charge in [-0.05, 0) is 62.7 Å². The van der Waals surface area contributed by atoms with Gasteiger partial charge in [-0.1, -0.05) is 6.07 Å². The lowest BCUT2D eigenvalue weighted by Gasteiger charge is -2.12. The average Bonchev–Trinajstić information content (AvgIpc) is 2.99. The summed E-state index contributed by atoms with van der Waals surface area (Å²) in [6.45, 7) is 6.04. The highest BCUT2D eigenvalue weighted by Crippen LogP contribution is 2.29. The SMILES string of the molecule is Cc1ccc(-c2ccc(C)n2-c2ccc(C)c(N)c2)o1. The smallest absolute Gasteiger partial charge is 0.151 e. The Hall–Kier alpha value is -2.42. The van der Waals surface area contributed by atoms with Crippen LogP contribution < -0.4 is 5.73 Å². The van der Waals surface area contributed by atoms with Gasteiger partial charge < -0.3 is 14.7 Å². The number of nitrogen functional groups attached to an aromatic ring is 1. The molecule has 0 atom stereocenters. The number of nitrogens with two attached hydrogens (primary N) is 1. The molecular formula is C17H18N2O. The van der Waals surface area contributed by atoms with E-state index in [2.05, 4.69) is 29.7 Å². The highest BCUT2D eigenvalue weighted by molar-refractivity contribution is 5.62. The van der Waals surface area contributed by atoms with Crippen molar-refractivity contribution in [2.45, 2.75) is 20.8 Å². The van der Waals surface area contributed by atoms with Crippen molar-refractivity contribution in [2.75, 3.05) is 5.73 Å². The van der Waals surface area contributed by atoms with Crippen molar-refractivity contribution in [1.82, 2.24) is 4.57 Å². The molecule has 0 spiro atoms. The fourth-order valence-corrected chi connectivity index (χ4v) is 2.41. The van der Waals surface area contributed by atoms with Crippen LogP contribution in [0.3, 0.4) is 0 Å². The van der Waals surface area contributed by atoms with Crippen LogP contribution in [-0.4, -0.2) is 4.57 Å². The number of benzene rings is 1. The highest BCUT2D eigenvalue weighted by atomic mass is 16.3. The molecule has 0 amide bonds. The summed E-state index contributed by atoms with van der Waals surface area (Å²) in [5, 5.41) is 0. The van der Waals surface area contributed by atoms with Crippen LogP contribution in [0.1, 0.15) is 17.0 Å². The lowest BCUT2D eigenvalue weighted by molar-refractivity contribution is 0.545. The number of rotatable bonds is 2. The van der Waals surface area contributed by atoms with Crippen LogP contribution in [0.5, 0.6) is 0 Å². The number of nitrogens with zero attached hydrogens (tertiary/aromatic N) is 1. The maximum Gasteiger partial charge on any atom is 0.151 e. The first-order chi connectivity index (χ1) is 9.56. The summed E-state index contributed by atoms with van der Waals surface area (Å²) in [6.07, 6.45) is 0. The summed E-state index contributed by atoms with van der Waals surface area (Å²) >= 11 is 0. The summed E-state index contributed by atoms with van der Waals surface area (Å²) in [5.74, 6) is 1.78. The third-order valence-corrected chi connectivity index (χ3v) is 3.59. The van der Waals surface area contributed by atoms with E-state index >= 15 is 0 Å². The van der Waals surface area contributed by atoms with E-state index in [1.165, 1.54) is 0 Å². The van der Waals surface area contributed by atoms with Gasteiger partial charge in [0.2, 0.25) is 0 Å². The van der Waals surface area contributed by atoms with Gasteiger partial charge in [0.1, 0.15) is 5.76 Å². The molecule has 0 unspecified atom stereocenters. The van der Waals surface area contributed by atoms with Gasteiger partial charge in [0, 0.05) is 17.1 Å². The van der Waals surface area contributed by atoms with Crippen LogP contribution in [0.2, 0.25) is 0 Å². The topological polar surface area (TPSA) is 44.1 Å². The zero-order valence-electron chi connectivity index (χ0n) is 12.0. The highest BCUT2D eigenvalue weighted by Gasteiger charge is 2.12. The Morgan fingerprint density at radius 1 is 0.950 bits per heavy atom. The molecule has 0 bridgehead atoms. The van der Waals surface area contributed by atoms with Gasteiger partial charge in [-0.15, -0.1) is 0 Å². The predicted molar refractivity (Wildman–Crippen MR) is 82.1 cm³/mol. The van der Waals surface area contributed by atoms with Crippen molar-refractivity contribution in [3.8, 4) is 17.1 Å². The molecule has 3 rings (SSSR count). The molecule has 0 aliphatic heterocycles. The maximum absolute atomic E-state index is 6.03. The Morgan fingerprint density at radius 3 is 2.40 bits per heavy atom. The number of hydrogen-bond donors (Lipinski definition) is 1. The Bertz CT molecular complexity index is 765. The minimum Gasteiger partial charge on any atom is -0.460 e. The van der Waals surface area contributed by atoms with Crippen LogP contribution in [0.4, 0.5) is 5.69 Å². The molecule has 2 aromatic heterocycles. The maximum atomic E-state index is 6.03. The number of aromatic nitrogens is 1. The summed E-state index contributed by atoms with van der Waals surface area (Å²) < 4.78 is 7.91. The molecule has 0 radical (unpaired) electrons. The number of furan rings is 1. The predicted octanol–water partition coefficient (Wildman–Crippen LogP) is 4.24. The van der Waals surface area contributed by atoms with Gasteiger partial charge in [0.15, 0.2) is 5.76 Å². The van der Waals surface area contributed by atoms with E-state index in [0.29, 0.717) is 0 Å². The molecule has 3 aromatic rings. The summed E-state index contributed by atoms with van der Waals surface area (Å²) in [7, 11) is 0. The van der Waals surface area contributed by atoms with Crippen LogP contribution in [0.25, 0.3) is 17.1 Å². The summed E-state index contributed by atoms with van der Waals surface area (Å²) in [4.78, 5) is 0. The summed E-state index contributed by atoms with van der Waals surface area (Å²) in [5.41, 5.74) is 11.2. The van der Waals surface area contributed by atoms with E-state index in [1.54, 1.807) is 0 Å². The Kier molecular flexibility index (Phi) is 2.90. The Morgan fingerprint density at radius 2 is 1.75 bits per heavy atom. The fraction of sp³-hybridized carbons (Fsp3) is 0.176. The molecule has 3 heteroatoms. The largest absolute Gasteiger partial charge is 0.460 e. The first kappa shape index (κ1) is 12.6. The first-order valence-electron chi connectivity index (χ1n) is 6.68.